The molecule has 2 aromatic carbocycles. The van der Waals surface area contributed by atoms with Crippen molar-refractivity contribution < 1.29 is 4.79 Å². The molecule has 0 N–H and O–H groups in total. The Morgan fingerprint density at radius 2 is 1.92 bits per heavy atom. The molecule has 2 aliphatic rings. The van der Waals surface area contributed by atoms with E-state index in [1.165, 1.54) is 0 Å². The van der Waals surface area contributed by atoms with E-state index in [1.54, 1.807) is 0 Å². The molecule has 1 atom stereocenters. The molecular weight excluding hydrogens is 448 g/mol. The molecule has 0 spiro atoms. The van der Waals surface area contributed by atoms with E-state index in [1.807, 2.05) is 55.7 Å². The van der Waals surface area contributed by atoms with Crippen LogP contribution in [0.4, 0.5) is 11.4 Å². The number of imidazole rings is 1. The fourth-order valence-corrected chi connectivity index (χ4v) is 5.67. The number of carbonyl (C=O) groups excluding carboxylic acids is 1. The fraction of sp³-hybridized carbons (Fsp3) is 0.276. The number of nitrogens with zero attached hydrogens (tertiary/aromatic N) is 6. The number of fused-ring (bicyclic) bond motifs is 5. The smallest absolute Gasteiger partial charge is 0.234 e. The second kappa shape index (κ2) is 8.21. The van der Waals surface area contributed by atoms with Crippen LogP contribution in [-0.2, 0) is 11.3 Å². The van der Waals surface area contributed by atoms with Crippen LogP contribution >= 0.6 is 0 Å². The lowest BCUT2D eigenvalue weighted by atomic mass is 9.88. The molecule has 0 radical (unpaired) electrons. The van der Waals surface area contributed by atoms with Crippen molar-refractivity contribution in [2.75, 3.05) is 32.1 Å². The van der Waals surface area contributed by atoms with Crippen molar-refractivity contribution >= 4 is 17.3 Å². The van der Waals surface area contributed by atoms with E-state index in [0.717, 1.165) is 59.1 Å². The third-order valence-corrected chi connectivity index (χ3v) is 7.38. The molecule has 1 unspecified atom stereocenters. The van der Waals surface area contributed by atoms with Crippen LogP contribution in [0.5, 0.6) is 0 Å². The van der Waals surface area contributed by atoms with Gasteiger partial charge in [-0.2, -0.15) is 0 Å². The molecule has 1 fully saturated rings. The SMILES string of the molecule is [C-]#[N+]c1ccc(-c2cc3n(c2)Cc2cc(N4CCC(C)(CN(C)C)C4=O)ccc2-n2ccnc2-3)cc1. The molecule has 4 aromatic rings. The molecular formula is C29H28N6O. The molecule has 36 heavy (non-hydrogen) atoms. The van der Waals surface area contributed by atoms with Crippen molar-refractivity contribution in [3.8, 4) is 28.3 Å². The van der Waals surface area contributed by atoms with E-state index in [0.29, 0.717) is 12.2 Å². The summed E-state index contributed by atoms with van der Waals surface area (Å²) in [6, 6.07) is 16.2. The molecule has 2 aromatic heterocycles. The molecule has 0 aliphatic carbocycles. The maximum atomic E-state index is 13.4. The number of aromatic nitrogens is 3. The van der Waals surface area contributed by atoms with E-state index in [9.17, 15) is 4.79 Å². The summed E-state index contributed by atoms with van der Waals surface area (Å²) in [6.07, 6.45) is 6.83. The highest BCUT2D eigenvalue weighted by atomic mass is 16.2. The van der Waals surface area contributed by atoms with Crippen LogP contribution in [0.15, 0.2) is 67.1 Å². The second-order valence-electron chi connectivity index (χ2n) is 10.3. The van der Waals surface area contributed by atoms with Crippen LogP contribution in [0.2, 0.25) is 0 Å². The number of anilines is 1. The number of benzene rings is 2. The van der Waals surface area contributed by atoms with E-state index in [-0.39, 0.29) is 11.3 Å². The molecule has 2 aliphatic heterocycles. The molecule has 7 heteroatoms. The van der Waals surface area contributed by atoms with Crippen molar-refractivity contribution in [1.29, 1.82) is 0 Å². The van der Waals surface area contributed by atoms with Gasteiger partial charge in [0.15, 0.2) is 11.5 Å². The van der Waals surface area contributed by atoms with E-state index < -0.39 is 0 Å². The Labute approximate surface area is 211 Å². The van der Waals surface area contributed by atoms with Crippen LogP contribution in [-0.4, -0.2) is 52.1 Å². The van der Waals surface area contributed by atoms with E-state index >= 15 is 0 Å². The number of amides is 1. The highest BCUT2D eigenvalue weighted by Crippen LogP contribution is 2.39. The summed E-state index contributed by atoms with van der Waals surface area (Å²) in [5.74, 6) is 1.08. The van der Waals surface area contributed by atoms with Crippen LogP contribution in [0.1, 0.15) is 18.9 Å². The first-order chi connectivity index (χ1) is 17.4. The molecule has 1 saturated heterocycles. The zero-order chi connectivity index (χ0) is 25.0. The summed E-state index contributed by atoms with van der Waals surface area (Å²) in [4.78, 5) is 25.7. The maximum Gasteiger partial charge on any atom is 0.234 e. The molecule has 6 rings (SSSR count). The first-order valence-electron chi connectivity index (χ1n) is 12.2. The summed E-state index contributed by atoms with van der Waals surface area (Å²) in [5.41, 5.74) is 6.65. The highest BCUT2D eigenvalue weighted by molar-refractivity contribution is 6.00. The predicted octanol–water partition coefficient (Wildman–Crippen LogP) is 5.22. The Balaban J connectivity index is 1.39. The molecule has 0 saturated carbocycles. The van der Waals surface area contributed by atoms with Gasteiger partial charge in [0.25, 0.3) is 0 Å². The topological polar surface area (TPSA) is 50.7 Å². The number of hydrogen-bond acceptors (Lipinski definition) is 3. The number of hydrogen-bond donors (Lipinski definition) is 0. The minimum Gasteiger partial charge on any atom is -0.340 e. The average molecular weight is 477 g/mol. The van der Waals surface area contributed by atoms with Crippen molar-refractivity contribution in [2.45, 2.75) is 19.9 Å². The fourth-order valence-electron chi connectivity index (χ4n) is 5.67. The van der Waals surface area contributed by atoms with Crippen LogP contribution in [0.25, 0.3) is 33.2 Å². The summed E-state index contributed by atoms with van der Waals surface area (Å²) >= 11 is 0. The lowest BCUT2D eigenvalue weighted by molar-refractivity contribution is -0.125. The van der Waals surface area contributed by atoms with Crippen LogP contribution in [0.3, 0.4) is 0 Å². The average Bonchev–Trinajstić information content (AvgIpc) is 3.55. The predicted molar refractivity (Wildman–Crippen MR) is 141 cm³/mol. The van der Waals surface area contributed by atoms with E-state index in [2.05, 4.69) is 61.2 Å². The Kier molecular flexibility index (Phi) is 5.09. The van der Waals surface area contributed by atoms with Crippen molar-refractivity contribution in [3.05, 3.63) is 84.1 Å². The lowest BCUT2D eigenvalue weighted by Crippen LogP contribution is -2.39. The first kappa shape index (κ1) is 22.3. The number of carbonyl (C=O) groups is 1. The lowest BCUT2D eigenvalue weighted by Gasteiger charge is -2.27. The van der Waals surface area contributed by atoms with Gasteiger partial charge in [-0.25, -0.2) is 9.83 Å². The molecule has 0 bridgehead atoms. The van der Waals surface area contributed by atoms with Gasteiger partial charge >= 0.3 is 0 Å². The summed E-state index contributed by atoms with van der Waals surface area (Å²) in [5, 5.41) is 0. The Bertz CT molecular complexity index is 1520. The standard InChI is InChI=1S/C29H28N6O/c1-29(19-32(3)4)11-13-34(28(29)36)24-9-10-25-22(15-24)18-33-17-21(20-5-7-23(30-2)8-6-20)16-26(33)27-31-12-14-35(25)27/h5-10,12,14-17H,11,13,18-19H2,1,3-4H3. The van der Waals surface area contributed by atoms with Gasteiger partial charge in [-0.3, -0.25) is 9.36 Å². The van der Waals surface area contributed by atoms with Crippen molar-refractivity contribution in [1.82, 2.24) is 19.0 Å². The summed E-state index contributed by atoms with van der Waals surface area (Å²) in [7, 11) is 4.04. The van der Waals surface area contributed by atoms with Gasteiger partial charge < -0.3 is 14.4 Å². The largest absolute Gasteiger partial charge is 0.340 e. The maximum absolute atomic E-state index is 13.4. The van der Waals surface area contributed by atoms with Gasteiger partial charge in [0.1, 0.15) is 0 Å². The Hall–Kier alpha value is -4.15. The number of rotatable bonds is 4. The Morgan fingerprint density at radius 3 is 2.67 bits per heavy atom. The van der Waals surface area contributed by atoms with Crippen LogP contribution in [0, 0.1) is 12.0 Å². The van der Waals surface area contributed by atoms with Gasteiger partial charge in [-0.15, -0.1) is 0 Å². The van der Waals surface area contributed by atoms with Crippen molar-refractivity contribution in [2.24, 2.45) is 5.41 Å². The molecule has 180 valence electrons. The van der Waals surface area contributed by atoms with Crippen LogP contribution < -0.4 is 4.90 Å². The van der Waals surface area contributed by atoms with Crippen molar-refractivity contribution in [3.63, 3.8) is 0 Å². The Morgan fingerprint density at radius 1 is 1.11 bits per heavy atom. The highest BCUT2D eigenvalue weighted by Gasteiger charge is 2.43. The third-order valence-electron chi connectivity index (χ3n) is 7.38. The summed E-state index contributed by atoms with van der Waals surface area (Å²) < 4.78 is 4.36. The first-order valence-corrected chi connectivity index (χ1v) is 12.2. The minimum absolute atomic E-state index is 0.194. The normalized spacial score (nSPS) is 18.5. The zero-order valence-corrected chi connectivity index (χ0v) is 20.8. The van der Waals surface area contributed by atoms with Gasteiger partial charge in [-0.1, -0.05) is 24.3 Å². The summed E-state index contributed by atoms with van der Waals surface area (Å²) in [6.45, 7) is 11.4. The van der Waals surface area contributed by atoms with Gasteiger partial charge in [0.05, 0.1) is 23.4 Å². The zero-order valence-electron chi connectivity index (χ0n) is 20.8. The van der Waals surface area contributed by atoms with Gasteiger partial charge in [-0.05, 0) is 62.8 Å². The molecule has 7 nitrogen and oxygen atoms in total. The van der Waals surface area contributed by atoms with Gasteiger partial charge in [0.2, 0.25) is 5.91 Å². The van der Waals surface area contributed by atoms with Gasteiger partial charge in [0, 0.05) is 49.5 Å². The molecule has 1 amide bonds. The van der Waals surface area contributed by atoms with E-state index in [4.69, 9.17) is 6.57 Å². The molecule has 4 heterocycles. The second-order valence-corrected chi connectivity index (χ2v) is 10.3. The monoisotopic (exact) mass is 476 g/mol. The minimum atomic E-state index is -0.362. The third kappa shape index (κ3) is 3.53. The quantitative estimate of drug-likeness (QED) is 0.334.